The predicted octanol–water partition coefficient (Wildman–Crippen LogP) is 4.65. The Morgan fingerprint density at radius 3 is 1.96 bits per heavy atom. The van der Waals surface area contributed by atoms with Crippen molar-refractivity contribution in [3.8, 4) is 5.75 Å². The molecule has 1 aromatic rings. The normalized spacial score (nSPS) is 11.0. The number of hydrogen-bond donors (Lipinski definition) is 0. The number of rotatable bonds is 17. The van der Waals surface area contributed by atoms with Crippen molar-refractivity contribution >= 4 is 0 Å². The average Bonchev–Trinajstić information content (AvgIpc) is 2.64. The van der Waals surface area contributed by atoms with Crippen LogP contribution in [0.4, 0.5) is 0 Å². The highest BCUT2D eigenvalue weighted by Gasteiger charge is 1.97. The van der Waals surface area contributed by atoms with Gasteiger partial charge in [0.05, 0.1) is 33.0 Å². The van der Waals surface area contributed by atoms with Gasteiger partial charge in [-0.2, -0.15) is 0 Å². The van der Waals surface area contributed by atoms with Crippen LogP contribution in [0, 0.1) is 0 Å². The van der Waals surface area contributed by atoms with Crippen LogP contribution in [0.15, 0.2) is 24.3 Å². The average molecular weight is 353 g/mol. The summed E-state index contributed by atoms with van der Waals surface area (Å²) < 4.78 is 21.4. The monoisotopic (exact) mass is 352 g/mol. The van der Waals surface area contributed by atoms with Crippen LogP contribution >= 0.6 is 0 Å². The van der Waals surface area contributed by atoms with Crippen LogP contribution in [-0.2, 0) is 20.6 Å². The van der Waals surface area contributed by atoms with Gasteiger partial charge in [-0.05, 0) is 30.5 Å². The Balaban J connectivity index is 1.99. The summed E-state index contributed by atoms with van der Waals surface area (Å²) in [4.78, 5) is 0. The molecule has 0 saturated heterocycles. The maximum Gasteiger partial charge on any atom is 0.119 e. The Labute approximate surface area is 153 Å². The molecule has 0 amide bonds. The third-order valence-corrected chi connectivity index (χ3v) is 4.04. The number of benzene rings is 1. The molecule has 4 nitrogen and oxygen atoms in total. The fourth-order valence-electron chi connectivity index (χ4n) is 2.54. The van der Waals surface area contributed by atoms with E-state index >= 15 is 0 Å². The van der Waals surface area contributed by atoms with Gasteiger partial charge in [0.25, 0.3) is 0 Å². The summed E-state index contributed by atoms with van der Waals surface area (Å²) in [6, 6.07) is 8.46. The van der Waals surface area contributed by atoms with E-state index < -0.39 is 0 Å². The maximum absolute atomic E-state index is 5.69. The van der Waals surface area contributed by atoms with Crippen molar-refractivity contribution in [1.82, 2.24) is 0 Å². The zero-order valence-corrected chi connectivity index (χ0v) is 16.1. The first-order valence-corrected chi connectivity index (χ1v) is 9.73. The molecule has 0 heterocycles. The number of hydrogen-bond acceptors (Lipinski definition) is 4. The van der Waals surface area contributed by atoms with E-state index in [1.165, 1.54) is 50.5 Å². The minimum absolute atomic E-state index is 0.564. The Bertz CT molecular complexity index is 391. The van der Waals surface area contributed by atoms with E-state index in [0.29, 0.717) is 39.6 Å². The quantitative estimate of drug-likeness (QED) is 0.383. The third-order valence-electron chi connectivity index (χ3n) is 4.04. The molecule has 0 radical (unpaired) electrons. The van der Waals surface area contributed by atoms with E-state index in [4.69, 9.17) is 18.9 Å². The molecule has 0 fully saturated rings. The molecule has 0 N–H and O–H groups in total. The molecule has 25 heavy (non-hydrogen) atoms. The summed E-state index contributed by atoms with van der Waals surface area (Å²) in [7, 11) is 1.67. The molecule has 0 unspecified atom stereocenters. The highest BCUT2D eigenvalue weighted by atomic mass is 16.6. The fourth-order valence-corrected chi connectivity index (χ4v) is 2.54. The van der Waals surface area contributed by atoms with E-state index in [1.807, 2.05) is 0 Å². The summed E-state index contributed by atoms with van der Waals surface area (Å²) in [5, 5.41) is 0. The number of ether oxygens (including phenoxy) is 4. The number of unbranched alkanes of at least 4 members (excludes halogenated alkanes) is 5. The minimum Gasteiger partial charge on any atom is -0.491 e. The first-order valence-electron chi connectivity index (χ1n) is 9.73. The van der Waals surface area contributed by atoms with Crippen molar-refractivity contribution in [2.75, 3.05) is 46.8 Å². The molecule has 0 bridgehead atoms. The Kier molecular flexibility index (Phi) is 14.4. The van der Waals surface area contributed by atoms with E-state index in [-0.39, 0.29) is 0 Å². The Morgan fingerprint density at radius 2 is 1.28 bits per heavy atom. The van der Waals surface area contributed by atoms with Crippen LogP contribution < -0.4 is 4.74 Å². The lowest BCUT2D eigenvalue weighted by Crippen LogP contribution is -2.12. The second-order valence-electron chi connectivity index (χ2n) is 6.23. The molecule has 0 saturated carbocycles. The molecule has 0 aromatic heterocycles. The summed E-state index contributed by atoms with van der Waals surface area (Å²) >= 11 is 0. The standard InChI is InChI=1S/C21H36O4/c1-3-4-5-6-7-8-9-20-10-12-21(13-11-20)25-19-18-24-17-16-23-15-14-22-2/h10-13H,3-9,14-19H2,1-2H3. The summed E-state index contributed by atoms with van der Waals surface area (Å²) in [5.74, 6) is 0.909. The fraction of sp³-hybridized carbons (Fsp3) is 0.714. The first-order chi connectivity index (χ1) is 12.4. The van der Waals surface area contributed by atoms with Gasteiger partial charge in [-0.1, -0.05) is 51.2 Å². The van der Waals surface area contributed by atoms with Crippen LogP contribution in [0.3, 0.4) is 0 Å². The lowest BCUT2D eigenvalue weighted by atomic mass is 10.0. The van der Waals surface area contributed by atoms with E-state index in [2.05, 4.69) is 31.2 Å². The number of aryl methyl sites for hydroxylation is 1. The minimum atomic E-state index is 0.564. The van der Waals surface area contributed by atoms with Crippen molar-refractivity contribution in [1.29, 1.82) is 0 Å². The smallest absolute Gasteiger partial charge is 0.119 e. The molecule has 0 spiro atoms. The molecule has 4 heteroatoms. The summed E-state index contributed by atoms with van der Waals surface area (Å²) in [6.45, 7) is 5.82. The van der Waals surface area contributed by atoms with Gasteiger partial charge >= 0.3 is 0 Å². The topological polar surface area (TPSA) is 36.9 Å². The van der Waals surface area contributed by atoms with Crippen LogP contribution in [0.1, 0.15) is 51.0 Å². The zero-order chi connectivity index (χ0) is 18.0. The Morgan fingerprint density at radius 1 is 0.680 bits per heavy atom. The lowest BCUT2D eigenvalue weighted by molar-refractivity contribution is 0.0180. The van der Waals surface area contributed by atoms with Crippen LogP contribution in [0.25, 0.3) is 0 Å². The molecule has 1 rings (SSSR count). The molecule has 0 atom stereocenters. The predicted molar refractivity (Wildman–Crippen MR) is 103 cm³/mol. The Hall–Kier alpha value is -1.10. The molecule has 1 aromatic carbocycles. The van der Waals surface area contributed by atoms with Crippen molar-refractivity contribution in [3.05, 3.63) is 29.8 Å². The second-order valence-corrected chi connectivity index (χ2v) is 6.23. The zero-order valence-electron chi connectivity index (χ0n) is 16.1. The van der Waals surface area contributed by atoms with Gasteiger partial charge in [0.2, 0.25) is 0 Å². The van der Waals surface area contributed by atoms with Crippen molar-refractivity contribution in [2.24, 2.45) is 0 Å². The molecule has 0 aliphatic rings. The molecular formula is C21H36O4. The van der Waals surface area contributed by atoms with Gasteiger partial charge in [0.15, 0.2) is 0 Å². The lowest BCUT2D eigenvalue weighted by Gasteiger charge is -2.08. The van der Waals surface area contributed by atoms with E-state index in [0.717, 1.165) is 5.75 Å². The van der Waals surface area contributed by atoms with Crippen LogP contribution in [0.5, 0.6) is 5.75 Å². The van der Waals surface area contributed by atoms with Gasteiger partial charge in [0, 0.05) is 7.11 Å². The van der Waals surface area contributed by atoms with Gasteiger partial charge in [-0.25, -0.2) is 0 Å². The van der Waals surface area contributed by atoms with Crippen LogP contribution in [-0.4, -0.2) is 46.8 Å². The van der Waals surface area contributed by atoms with Crippen molar-refractivity contribution in [3.63, 3.8) is 0 Å². The van der Waals surface area contributed by atoms with Crippen LogP contribution in [0.2, 0.25) is 0 Å². The van der Waals surface area contributed by atoms with Gasteiger partial charge in [-0.15, -0.1) is 0 Å². The van der Waals surface area contributed by atoms with Crippen molar-refractivity contribution < 1.29 is 18.9 Å². The van der Waals surface area contributed by atoms with Gasteiger partial charge < -0.3 is 18.9 Å². The molecule has 0 aliphatic carbocycles. The molecular weight excluding hydrogens is 316 g/mol. The molecule has 0 aliphatic heterocycles. The number of methoxy groups -OCH3 is 1. The summed E-state index contributed by atoms with van der Waals surface area (Å²) in [6.07, 6.45) is 9.22. The largest absolute Gasteiger partial charge is 0.491 e. The van der Waals surface area contributed by atoms with E-state index in [1.54, 1.807) is 7.11 Å². The van der Waals surface area contributed by atoms with Gasteiger partial charge in [0.1, 0.15) is 12.4 Å². The van der Waals surface area contributed by atoms with E-state index in [9.17, 15) is 0 Å². The second kappa shape index (κ2) is 16.4. The SMILES string of the molecule is CCCCCCCCc1ccc(OCCOCCOCCOC)cc1. The highest BCUT2D eigenvalue weighted by molar-refractivity contribution is 5.27. The maximum atomic E-state index is 5.69. The first kappa shape index (κ1) is 21.9. The van der Waals surface area contributed by atoms with Gasteiger partial charge in [-0.3, -0.25) is 0 Å². The summed E-state index contributed by atoms with van der Waals surface area (Å²) in [5.41, 5.74) is 1.40. The van der Waals surface area contributed by atoms with Crippen molar-refractivity contribution in [2.45, 2.75) is 51.9 Å². The third kappa shape index (κ3) is 12.9. The highest BCUT2D eigenvalue weighted by Crippen LogP contribution is 2.15. The molecule has 144 valence electrons.